The van der Waals surface area contributed by atoms with Crippen LogP contribution < -0.4 is 5.32 Å². The molecule has 0 aromatic carbocycles. The third-order valence-corrected chi connectivity index (χ3v) is 4.05. The number of hydrogen-bond donors (Lipinski definition) is 1. The van der Waals surface area contributed by atoms with Crippen molar-refractivity contribution < 1.29 is 0 Å². The molecule has 2 heterocycles. The highest BCUT2D eigenvalue weighted by Gasteiger charge is 2.22. The van der Waals surface area contributed by atoms with Crippen LogP contribution in [0, 0.1) is 12.8 Å². The van der Waals surface area contributed by atoms with Crippen LogP contribution in [-0.2, 0) is 0 Å². The molecule has 0 radical (unpaired) electrons. The Balaban J connectivity index is 2.24. The molecule has 0 bridgehead atoms. The topological polar surface area (TPSA) is 24.9 Å². The molecule has 1 aliphatic heterocycles. The van der Waals surface area contributed by atoms with Crippen molar-refractivity contribution in [1.82, 2.24) is 4.98 Å². The maximum Gasteiger partial charge on any atom is 0.120 e. The summed E-state index contributed by atoms with van der Waals surface area (Å²) in [5, 5.41) is 5.25. The van der Waals surface area contributed by atoms with Gasteiger partial charge in [-0.25, -0.2) is 4.98 Å². The number of aromatic nitrogens is 1. The molecule has 0 amide bonds. The SMILES string of the molecule is Cc1ccc2c(n1)SC(C(C)C)CN2. The lowest BCUT2D eigenvalue weighted by Gasteiger charge is -2.27. The number of fused-ring (bicyclic) bond motifs is 1. The number of pyridine rings is 1. The first-order chi connectivity index (χ1) is 6.66. The van der Waals surface area contributed by atoms with E-state index in [-0.39, 0.29) is 0 Å². The number of nitrogens with zero attached hydrogens (tertiary/aromatic N) is 1. The lowest BCUT2D eigenvalue weighted by Crippen LogP contribution is -2.26. The largest absolute Gasteiger partial charge is 0.382 e. The Bertz CT molecular complexity index is 336. The van der Waals surface area contributed by atoms with E-state index in [0.717, 1.165) is 17.3 Å². The third-order valence-electron chi connectivity index (χ3n) is 2.50. The van der Waals surface area contributed by atoms with Gasteiger partial charge in [-0.15, -0.1) is 0 Å². The highest BCUT2D eigenvalue weighted by molar-refractivity contribution is 8.00. The fraction of sp³-hybridized carbons (Fsp3) is 0.545. The summed E-state index contributed by atoms with van der Waals surface area (Å²) < 4.78 is 0. The number of rotatable bonds is 1. The monoisotopic (exact) mass is 208 g/mol. The van der Waals surface area contributed by atoms with E-state index in [0.29, 0.717) is 11.2 Å². The Morgan fingerprint density at radius 3 is 3.00 bits per heavy atom. The van der Waals surface area contributed by atoms with Gasteiger partial charge in [0.25, 0.3) is 0 Å². The van der Waals surface area contributed by atoms with Crippen LogP contribution in [-0.4, -0.2) is 16.8 Å². The smallest absolute Gasteiger partial charge is 0.120 e. The minimum atomic E-state index is 0.650. The lowest BCUT2D eigenvalue weighted by molar-refractivity contribution is 0.618. The Kier molecular flexibility index (Phi) is 2.68. The number of hydrogen-bond acceptors (Lipinski definition) is 3. The number of aryl methyl sites for hydroxylation is 1. The van der Waals surface area contributed by atoms with Crippen molar-refractivity contribution in [3.63, 3.8) is 0 Å². The van der Waals surface area contributed by atoms with E-state index < -0.39 is 0 Å². The molecular formula is C11H16N2S. The van der Waals surface area contributed by atoms with Gasteiger partial charge >= 0.3 is 0 Å². The van der Waals surface area contributed by atoms with Crippen LogP contribution in [0.3, 0.4) is 0 Å². The molecule has 0 saturated carbocycles. The molecule has 1 N–H and O–H groups in total. The molecule has 0 spiro atoms. The Morgan fingerprint density at radius 2 is 2.29 bits per heavy atom. The van der Waals surface area contributed by atoms with Gasteiger partial charge in [-0.2, -0.15) is 0 Å². The summed E-state index contributed by atoms with van der Waals surface area (Å²) >= 11 is 1.91. The second kappa shape index (κ2) is 3.81. The molecule has 0 fully saturated rings. The molecule has 2 nitrogen and oxygen atoms in total. The van der Waals surface area contributed by atoms with E-state index in [4.69, 9.17) is 0 Å². The first-order valence-corrected chi connectivity index (χ1v) is 5.93. The third kappa shape index (κ3) is 1.87. The molecule has 1 unspecified atom stereocenters. The van der Waals surface area contributed by atoms with Gasteiger partial charge < -0.3 is 5.32 Å². The standard InChI is InChI=1S/C11H16N2S/c1-7(2)10-6-12-9-5-4-8(3)13-11(9)14-10/h4-5,7,10,12H,6H2,1-3H3. The van der Waals surface area contributed by atoms with E-state index in [1.807, 2.05) is 18.7 Å². The van der Waals surface area contributed by atoms with E-state index >= 15 is 0 Å². The van der Waals surface area contributed by atoms with Crippen molar-refractivity contribution in [2.45, 2.75) is 31.0 Å². The first-order valence-electron chi connectivity index (χ1n) is 5.05. The second-order valence-electron chi connectivity index (χ2n) is 4.09. The Labute approximate surface area is 89.5 Å². The van der Waals surface area contributed by atoms with Crippen molar-refractivity contribution in [3.8, 4) is 0 Å². The first kappa shape index (κ1) is 9.84. The van der Waals surface area contributed by atoms with Gasteiger partial charge in [0.05, 0.1) is 5.69 Å². The lowest BCUT2D eigenvalue weighted by atomic mass is 10.1. The fourth-order valence-electron chi connectivity index (χ4n) is 1.52. The zero-order valence-corrected chi connectivity index (χ0v) is 9.69. The van der Waals surface area contributed by atoms with Crippen LogP contribution in [0.2, 0.25) is 0 Å². The molecule has 76 valence electrons. The Hall–Kier alpha value is -0.700. The highest BCUT2D eigenvalue weighted by atomic mass is 32.2. The molecule has 0 saturated heterocycles. The second-order valence-corrected chi connectivity index (χ2v) is 5.31. The van der Waals surface area contributed by atoms with E-state index in [1.54, 1.807) is 0 Å². The predicted molar refractivity (Wildman–Crippen MR) is 61.9 cm³/mol. The quantitative estimate of drug-likeness (QED) is 0.768. The predicted octanol–water partition coefficient (Wildman–Crippen LogP) is 2.93. The van der Waals surface area contributed by atoms with Gasteiger partial charge in [-0.05, 0) is 25.0 Å². The van der Waals surface area contributed by atoms with Gasteiger partial charge in [-0.3, -0.25) is 0 Å². The molecule has 2 rings (SSSR count). The van der Waals surface area contributed by atoms with Gasteiger partial charge in [-0.1, -0.05) is 25.6 Å². The summed E-state index contributed by atoms with van der Waals surface area (Å²) in [6.07, 6.45) is 0. The number of anilines is 1. The van der Waals surface area contributed by atoms with Crippen molar-refractivity contribution in [2.75, 3.05) is 11.9 Å². The van der Waals surface area contributed by atoms with Gasteiger partial charge in [0, 0.05) is 17.5 Å². The maximum atomic E-state index is 4.55. The minimum Gasteiger partial charge on any atom is -0.382 e. The summed E-state index contributed by atoms with van der Waals surface area (Å²) in [6, 6.07) is 4.18. The zero-order valence-electron chi connectivity index (χ0n) is 8.87. The average Bonchev–Trinajstić information content (AvgIpc) is 2.16. The summed E-state index contributed by atoms with van der Waals surface area (Å²) in [5.74, 6) is 0.697. The molecule has 1 aromatic rings. The van der Waals surface area contributed by atoms with Crippen molar-refractivity contribution in [1.29, 1.82) is 0 Å². The minimum absolute atomic E-state index is 0.650. The maximum absolute atomic E-state index is 4.55. The molecule has 1 aliphatic rings. The van der Waals surface area contributed by atoms with Crippen molar-refractivity contribution in [3.05, 3.63) is 17.8 Å². The normalized spacial score (nSPS) is 20.4. The molecule has 0 aliphatic carbocycles. The van der Waals surface area contributed by atoms with E-state index in [1.165, 1.54) is 5.69 Å². The van der Waals surface area contributed by atoms with Gasteiger partial charge in [0.15, 0.2) is 0 Å². The molecule has 14 heavy (non-hydrogen) atoms. The summed E-state index contributed by atoms with van der Waals surface area (Å²) in [4.78, 5) is 4.55. The van der Waals surface area contributed by atoms with Crippen LogP contribution in [0.5, 0.6) is 0 Å². The molecule has 3 heteroatoms. The van der Waals surface area contributed by atoms with Gasteiger partial charge in [0.2, 0.25) is 0 Å². The molecule has 1 atom stereocenters. The van der Waals surface area contributed by atoms with E-state index in [9.17, 15) is 0 Å². The van der Waals surface area contributed by atoms with E-state index in [2.05, 4.69) is 36.3 Å². The fourth-order valence-corrected chi connectivity index (χ4v) is 2.71. The van der Waals surface area contributed by atoms with Crippen LogP contribution in [0.4, 0.5) is 5.69 Å². The number of nitrogens with one attached hydrogen (secondary N) is 1. The zero-order chi connectivity index (χ0) is 10.1. The molecule has 1 aromatic heterocycles. The summed E-state index contributed by atoms with van der Waals surface area (Å²) in [6.45, 7) is 7.63. The summed E-state index contributed by atoms with van der Waals surface area (Å²) in [7, 11) is 0. The number of thioether (sulfide) groups is 1. The highest BCUT2D eigenvalue weighted by Crippen LogP contribution is 2.36. The van der Waals surface area contributed by atoms with Crippen molar-refractivity contribution >= 4 is 17.4 Å². The average molecular weight is 208 g/mol. The van der Waals surface area contributed by atoms with Crippen LogP contribution in [0.1, 0.15) is 19.5 Å². The van der Waals surface area contributed by atoms with Gasteiger partial charge in [0.1, 0.15) is 5.03 Å². The van der Waals surface area contributed by atoms with Crippen LogP contribution in [0.25, 0.3) is 0 Å². The summed E-state index contributed by atoms with van der Waals surface area (Å²) in [5.41, 5.74) is 2.29. The van der Waals surface area contributed by atoms with Crippen LogP contribution in [0.15, 0.2) is 17.2 Å². The molecular weight excluding hydrogens is 192 g/mol. The Morgan fingerprint density at radius 1 is 1.50 bits per heavy atom. The van der Waals surface area contributed by atoms with Crippen molar-refractivity contribution in [2.24, 2.45) is 5.92 Å². The van der Waals surface area contributed by atoms with Crippen LogP contribution >= 0.6 is 11.8 Å².